The molecule has 1 fully saturated rings. The summed E-state index contributed by atoms with van der Waals surface area (Å²) in [5.74, 6) is 1.05. The molecule has 0 unspecified atom stereocenters. The minimum Gasteiger partial charge on any atom is -0.294 e. The summed E-state index contributed by atoms with van der Waals surface area (Å²) in [6, 6.07) is 0. The second kappa shape index (κ2) is 5.09. The Morgan fingerprint density at radius 3 is 2.75 bits per heavy atom. The van der Waals surface area contributed by atoms with Crippen molar-refractivity contribution in [1.29, 1.82) is 0 Å². The molecule has 2 nitrogen and oxygen atoms in total. The lowest BCUT2D eigenvalue weighted by molar-refractivity contribution is 0.102. The summed E-state index contributed by atoms with van der Waals surface area (Å²) in [6.45, 7) is 3.63. The second-order valence-corrected chi connectivity index (χ2v) is 5.96. The molecular formula is C13H19NOS. The van der Waals surface area contributed by atoms with Gasteiger partial charge in [-0.2, -0.15) is 0 Å². The molecule has 2 rings (SSSR count). The minimum absolute atomic E-state index is 0.173. The Labute approximate surface area is 101 Å². The fraction of sp³-hybridized carbons (Fsp3) is 0.692. The Morgan fingerprint density at radius 2 is 2.12 bits per heavy atom. The number of hydrogen-bond donors (Lipinski definition) is 0. The van der Waals surface area contributed by atoms with Crippen molar-refractivity contribution in [1.82, 2.24) is 4.98 Å². The number of carbonyl (C=O) groups is 1. The Morgan fingerprint density at radius 1 is 1.44 bits per heavy atom. The van der Waals surface area contributed by atoms with E-state index in [1.165, 1.54) is 32.1 Å². The van der Waals surface area contributed by atoms with E-state index in [-0.39, 0.29) is 5.78 Å². The number of Topliss-reactive ketones (excluding diaryl/α,β-unsaturated/α-hetero) is 1. The van der Waals surface area contributed by atoms with E-state index in [0.717, 1.165) is 27.9 Å². The molecule has 1 saturated carbocycles. The first-order valence-electron chi connectivity index (χ1n) is 6.14. The summed E-state index contributed by atoms with van der Waals surface area (Å²) < 4.78 is 0. The molecule has 0 spiro atoms. The summed E-state index contributed by atoms with van der Waals surface area (Å²) in [5, 5.41) is 1.02. The van der Waals surface area contributed by atoms with Crippen LogP contribution in [0.15, 0.2) is 0 Å². The highest BCUT2D eigenvalue weighted by Gasteiger charge is 2.18. The summed E-state index contributed by atoms with van der Waals surface area (Å²) in [4.78, 5) is 16.8. The van der Waals surface area contributed by atoms with Gasteiger partial charge in [-0.15, -0.1) is 11.3 Å². The van der Waals surface area contributed by atoms with Crippen LogP contribution >= 0.6 is 11.3 Å². The maximum atomic E-state index is 11.4. The maximum absolute atomic E-state index is 11.4. The third kappa shape index (κ3) is 2.70. The smallest absolute Gasteiger partial charge is 0.171 e. The van der Waals surface area contributed by atoms with Crippen LogP contribution in [0, 0.1) is 12.8 Å². The maximum Gasteiger partial charge on any atom is 0.171 e. The molecule has 0 saturated heterocycles. The van der Waals surface area contributed by atoms with E-state index >= 15 is 0 Å². The molecule has 0 atom stereocenters. The summed E-state index contributed by atoms with van der Waals surface area (Å²) in [7, 11) is 0. The van der Waals surface area contributed by atoms with Crippen LogP contribution in [0.3, 0.4) is 0 Å². The average Bonchev–Trinajstić information content (AvgIpc) is 2.83. The molecule has 0 N–H and O–H groups in total. The van der Waals surface area contributed by atoms with Crippen LogP contribution in [0.1, 0.15) is 59.4 Å². The van der Waals surface area contributed by atoms with Gasteiger partial charge in [0.2, 0.25) is 0 Å². The van der Waals surface area contributed by atoms with Gasteiger partial charge in [-0.25, -0.2) is 4.98 Å². The van der Waals surface area contributed by atoms with Crippen molar-refractivity contribution in [3.05, 3.63) is 15.6 Å². The molecule has 0 bridgehead atoms. The van der Waals surface area contributed by atoms with E-state index in [9.17, 15) is 4.79 Å². The molecule has 88 valence electrons. The highest BCUT2D eigenvalue weighted by Crippen LogP contribution is 2.29. The fourth-order valence-corrected chi connectivity index (χ4v) is 3.42. The number of thiazole rings is 1. The SMILES string of the molecule is CC(=O)c1sc(C)nc1CCC1CCCC1. The number of rotatable bonds is 4. The van der Waals surface area contributed by atoms with Crippen molar-refractivity contribution >= 4 is 17.1 Å². The lowest BCUT2D eigenvalue weighted by Crippen LogP contribution is -2.01. The lowest BCUT2D eigenvalue weighted by Gasteiger charge is -2.07. The van der Waals surface area contributed by atoms with Crippen molar-refractivity contribution in [2.45, 2.75) is 52.4 Å². The van der Waals surface area contributed by atoms with E-state index in [0.29, 0.717) is 0 Å². The van der Waals surface area contributed by atoms with Crippen LogP contribution in [0.25, 0.3) is 0 Å². The van der Waals surface area contributed by atoms with Crippen LogP contribution < -0.4 is 0 Å². The molecule has 1 aliphatic carbocycles. The number of nitrogens with zero attached hydrogens (tertiary/aromatic N) is 1. The monoisotopic (exact) mass is 237 g/mol. The van der Waals surface area contributed by atoms with E-state index in [4.69, 9.17) is 0 Å². The number of hydrogen-bond acceptors (Lipinski definition) is 3. The van der Waals surface area contributed by atoms with Crippen LogP contribution in [0.4, 0.5) is 0 Å². The minimum atomic E-state index is 0.173. The van der Waals surface area contributed by atoms with Gasteiger partial charge in [0.05, 0.1) is 15.6 Å². The number of aryl methyl sites for hydroxylation is 2. The predicted octanol–water partition coefficient (Wildman–Crippen LogP) is 3.78. The topological polar surface area (TPSA) is 30.0 Å². The molecule has 1 aromatic heterocycles. The molecule has 0 amide bonds. The van der Waals surface area contributed by atoms with Gasteiger partial charge < -0.3 is 0 Å². The highest BCUT2D eigenvalue weighted by atomic mass is 32.1. The molecule has 16 heavy (non-hydrogen) atoms. The van der Waals surface area contributed by atoms with Gasteiger partial charge in [-0.3, -0.25) is 4.79 Å². The number of ketones is 1. The quantitative estimate of drug-likeness (QED) is 0.746. The van der Waals surface area contributed by atoms with Crippen LogP contribution in [-0.2, 0) is 6.42 Å². The van der Waals surface area contributed by atoms with Gasteiger partial charge in [0, 0.05) is 6.92 Å². The van der Waals surface area contributed by atoms with Crippen molar-refractivity contribution in [3.63, 3.8) is 0 Å². The molecule has 3 heteroatoms. The zero-order chi connectivity index (χ0) is 11.5. The summed E-state index contributed by atoms with van der Waals surface area (Å²) in [5.41, 5.74) is 1.04. The first-order chi connectivity index (χ1) is 7.66. The van der Waals surface area contributed by atoms with Crippen molar-refractivity contribution < 1.29 is 4.79 Å². The van der Waals surface area contributed by atoms with Crippen LogP contribution in [-0.4, -0.2) is 10.8 Å². The van der Waals surface area contributed by atoms with Gasteiger partial charge in [0.1, 0.15) is 0 Å². The van der Waals surface area contributed by atoms with E-state index < -0.39 is 0 Å². The Bertz CT molecular complexity index is 377. The van der Waals surface area contributed by atoms with Gasteiger partial charge >= 0.3 is 0 Å². The van der Waals surface area contributed by atoms with Gasteiger partial charge in [-0.05, 0) is 25.7 Å². The molecular weight excluding hydrogens is 218 g/mol. The second-order valence-electron chi connectivity index (χ2n) is 4.75. The zero-order valence-corrected chi connectivity index (χ0v) is 10.9. The molecule has 0 radical (unpaired) electrons. The first kappa shape index (κ1) is 11.8. The summed E-state index contributed by atoms with van der Waals surface area (Å²) in [6.07, 6.45) is 7.73. The van der Waals surface area contributed by atoms with Crippen LogP contribution in [0.5, 0.6) is 0 Å². The Kier molecular flexibility index (Phi) is 3.74. The highest BCUT2D eigenvalue weighted by molar-refractivity contribution is 7.13. The summed E-state index contributed by atoms with van der Waals surface area (Å²) >= 11 is 1.54. The Hall–Kier alpha value is -0.700. The standard InChI is InChI=1S/C13H19NOS/c1-9(15)13-12(14-10(2)16-13)8-7-11-5-3-4-6-11/h11H,3-8H2,1-2H3. The number of carbonyl (C=O) groups excluding carboxylic acids is 1. The van der Waals surface area contributed by atoms with E-state index in [1.807, 2.05) is 6.92 Å². The lowest BCUT2D eigenvalue weighted by atomic mass is 10.00. The first-order valence-corrected chi connectivity index (χ1v) is 6.95. The molecule has 1 aromatic rings. The molecule has 1 heterocycles. The van der Waals surface area contributed by atoms with Gasteiger partial charge in [0.25, 0.3) is 0 Å². The number of aromatic nitrogens is 1. The average molecular weight is 237 g/mol. The molecule has 0 aromatic carbocycles. The third-order valence-corrected chi connectivity index (χ3v) is 4.50. The van der Waals surface area contributed by atoms with Crippen LogP contribution in [0.2, 0.25) is 0 Å². The third-order valence-electron chi connectivity index (χ3n) is 3.39. The normalized spacial score (nSPS) is 16.9. The van der Waals surface area contributed by atoms with Crippen molar-refractivity contribution in [2.75, 3.05) is 0 Å². The fourth-order valence-electron chi connectivity index (χ4n) is 2.55. The largest absolute Gasteiger partial charge is 0.294 e. The molecule has 1 aliphatic rings. The zero-order valence-electron chi connectivity index (χ0n) is 10.1. The van der Waals surface area contributed by atoms with E-state index in [2.05, 4.69) is 4.98 Å². The van der Waals surface area contributed by atoms with Gasteiger partial charge in [-0.1, -0.05) is 25.7 Å². The molecule has 0 aliphatic heterocycles. The Balaban J connectivity index is 1.99. The predicted molar refractivity (Wildman–Crippen MR) is 67.1 cm³/mol. The van der Waals surface area contributed by atoms with E-state index in [1.54, 1.807) is 18.3 Å². The van der Waals surface area contributed by atoms with Gasteiger partial charge in [0.15, 0.2) is 5.78 Å². The van der Waals surface area contributed by atoms with Crippen molar-refractivity contribution in [2.24, 2.45) is 5.92 Å². The van der Waals surface area contributed by atoms with Crippen molar-refractivity contribution in [3.8, 4) is 0 Å².